The third-order valence-corrected chi connectivity index (χ3v) is 4.36. The minimum Gasteiger partial charge on any atom is -0.482 e. The molecule has 0 bridgehead atoms. The topological polar surface area (TPSA) is 64.6 Å². The van der Waals surface area contributed by atoms with Crippen molar-refractivity contribution >= 4 is 34.0 Å². The highest BCUT2D eigenvalue weighted by atomic mass is 32.1. The van der Waals surface area contributed by atoms with Gasteiger partial charge < -0.3 is 14.8 Å². The Morgan fingerprint density at radius 2 is 1.80 bits per heavy atom. The zero-order valence-electron chi connectivity index (χ0n) is 13.4. The van der Waals surface area contributed by atoms with Crippen molar-refractivity contribution in [1.82, 2.24) is 5.32 Å². The smallest absolute Gasteiger partial charge is 0.344 e. The second-order valence-electron chi connectivity index (χ2n) is 5.31. The van der Waals surface area contributed by atoms with E-state index in [1.807, 2.05) is 53.9 Å². The van der Waals surface area contributed by atoms with Crippen LogP contribution in [0.1, 0.15) is 4.88 Å². The molecule has 0 atom stereocenters. The van der Waals surface area contributed by atoms with Gasteiger partial charge >= 0.3 is 5.97 Å². The van der Waals surface area contributed by atoms with Gasteiger partial charge in [0.1, 0.15) is 5.75 Å². The summed E-state index contributed by atoms with van der Waals surface area (Å²) in [6.45, 7) is -0.122. The fourth-order valence-electron chi connectivity index (χ4n) is 2.24. The molecule has 1 aromatic heterocycles. The molecule has 1 heterocycles. The lowest BCUT2D eigenvalue weighted by atomic mass is 10.1. The van der Waals surface area contributed by atoms with E-state index in [1.54, 1.807) is 17.4 Å². The third kappa shape index (κ3) is 5.06. The molecule has 0 fully saturated rings. The number of amides is 1. The first kappa shape index (κ1) is 17.0. The van der Waals surface area contributed by atoms with Crippen LogP contribution in [0.25, 0.3) is 10.8 Å². The summed E-state index contributed by atoms with van der Waals surface area (Å²) in [5.74, 6) is -0.343. The van der Waals surface area contributed by atoms with Gasteiger partial charge in [0.05, 0.1) is 6.54 Å². The fourth-order valence-corrected chi connectivity index (χ4v) is 2.88. The predicted molar refractivity (Wildman–Crippen MR) is 96.6 cm³/mol. The van der Waals surface area contributed by atoms with Crippen LogP contribution in [0.2, 0.25) is 0 Å². The molecule has 0 saturated carbocycles. The number of benzene rings is 2. The summed E-state index contributed by atoms with van der Waals surface area (Å²) in [6, 6.07) is 17.3. The third-order valence-electron chi connectivity index (χ3n) is 3.48. The molecule has 0 spiro atoms. The maximum absolute atomic E-state index is 11.7. The number of nitrogens with one attached hydrogen (secondary N) is 1. The first-order valence-corrected chi connectivity index (χ1v) is 8.65. The zero-order valence-corrected chi connectivity index (χ0v) is 14.3. The number of rotatable bonds is 7. The number of carbonyl (C=O) groups excluding carboxylic acids is 2. The number of ether oxygens (including phenoxy) is 2. The van der Waals surface area contributed by atoms with E-state index in [9.17, 15) is 9.59 Å². The van der Waals surface area contributed by atoms with Crippen LogP contribution >= 0.6 is 11.3 Å². The van der Waals surface area contributed by atoms with Gasteiger partial charge in [-0.05, 0) is 34.4 Å². The standard InChI is InChI=1S/C19H17NO4S/c21-18(20-11-17-6-3-9-25-17)12-24-19(22)13-23-16-8-7-14-4-1-2-5-15(14)10-16/h1-10H,11-13H2,(H,20,21). The number of fused-ring (bicyclic) bond motifs is 1. The first-order valence-electron chi connectivity index (χ1n) is 7.77. The van der Waals surface area contributed by atoms with Gasteiger partial charge in [-0.25, -0.2) is 4.79 Å². The molecule has 0 radical (unpaired) electrons. The summed E-state index contributed by atoms with van der Waals surface area (Å²) in [6.07, 6.45) is 0. The number of esters is 1. The molecule has 6 heteroatoms. The van der Waals surface area contributed by atoms with Crippen molar-refractivity contribution in [1.29, 1.82) is 0 Å². The van der Waals surface area contributed by atoms with Crippen molar-refractivity contribution in [3.05, 3.63) is 64.9 Å². The van der Waals surface area contributed by atoms with Crippen LogP contribution in [-0.2, 0) is 20.9 Å². The Bertz CT molecular complexity index is 861. The lowest BCUT2D eigenvalue weighted by Gasteiger charge is -2.08. The SMILES string of the molecule is O=C(COC(=O)COc1ccc2ccccc2c1)NCc1cccs1. The predicted octanol–water partition coefficient (Wildman–Crippen LogP) is 3.14. The van der Waals surface area contributed by atoms with E-state index in [-0.39, 0.29) is 19.1 Å². The lowest BCUT2D eigenvalue weighted by molar-refractivity contribution is -0.150. The van der Waals surface area contributed by atoms with Crippen LogP contribution in [0.5, 0.6) is 5.75 Å². The van der Waals surface area contributed by atoms with Crippen LogP contribution < -0.4 is 10.1 Å². The van der Waals surface area contributed by atoms with E-state index in [1.165, 1.54) is 0 Å². The van der Waals surface area contributed by atoms with Gasteiger partial charge in [0, 0.05) is 4.88 Å². The van der Waals surface area contributed by atoms with Crippen LogP contribution in [0.4, 0.5) is 0 Å². The van der Waals surface area contributed by atoms with E-state index in [0.29, 0.717) is 12.3 Å². The Kier molecular flexibility index (Phi) is 5.64. The monoisotopic (exact) mass is 355 g/mol. The van der Waals surface area contributed by atoms with E-state index in [4.69, 9.17) is 9.47 Å². The summed E-state index contributed by atoms with van der Waals surface area (Å²) in [4.78, 5) is 24.4. The van der Waals surface area contributed by atoms with E-state index >= 15 is 0 Å². The van der Waals surface area contributed by atoms with Crippen LogP contribution in [0.15, 0.2) is 60.0 Å². The molecular formula is C19H17NO4S. The van der Waals surface area contributed by atoms with Crippen molar-refractivity contribution in [3.63, 3.8) is 0 Å². The van der Waals surface area contributed by atoms with Crippen LogP contribution in [0.3, 0.4) is 0 Å². The molecule has 2 aromatic carbocycles. The molecule has 1 amide bonds. The van der Waals surface area contributed by atoms with Gasteiger partial charge in [-0.1, -0.05) is 36.4 Å². The van der Waals surface area contributed by atoms with E-state index in [0.717, 1.165) is 15.6 Å². The van der Waals surface area contributed by atoms with Gasteiger partial charge in [-0.2, -0.15) is 0 Å². The first-order chi connectivity index (χ1) is 12.2. The number of hydrogen-bond acceptors (Lipinski definition) is 5. The van der Waals surface area contributed by atoms with Crippen molar-refractivity contribution in [3.8, 4) is 5.75 Å². The van der Waals surface area contributed by atoms with Gasteiger partial charge in [0.25, 0.3) is 5.91 Å². The van der Waals surface area contributed by atoms with Gasteiger partial charge in [0.15, 0.2) is 13.2 Å². The number of hydrogen-bond donors (Lipinski definition) is 1. The van der Waals surface area contributed by atoms with E-state index in [2.05, 4.69) is 5.32 Å². The Hall–Kier alpha value is -2.86. The minimum absolute atomic E-state index is 0.240. The molecule has 0 aliphatic rings. The van der Waals surface area contributed by atoms with Crippen molar-refractivity contribution in [2.24, 2.45) is 0 Å². The van der Waals surface area contributed by atoms with Crippen molar-refractivity contribution in [2.45, 2.75) is 6.54 Å². The molecule has 3 aromatic rings. The Balaban J connectivity index is 1.40. The summed E-state index contributed by atoms with van der Waals surface area (Å²) in [5.41, 5.74) is 0. The normalized spacial score (nSPS) is 10.4. The maximum Gasteiger partial charge on any atom is 0.344 e. The second kappa shape index (κ2) is 8.30. The van der Waals surface area contributed by atoms with E-state index < -0.39 is 5.97 Å². The molecule has 0 unspecified atom stereocenters. The molecule has 0 aliphatic heterocycles. The Morgan fingerprint density at radius 1 is 0.960 bits per heavy atom. The zero-order chi connectivity index (χ0) is 17.5. The average molecular weight is 355 g/mol. The quantitative estimate of drug-likeness (QED) is 0.661. The second-order valence-corrected chi connectivity index (χ2v) is 6.35. The largest absolute Gasteiger partial charge is 0.482 e. The molecular weight excluding hydrogens is 338 g/mol. The van der Waals surface area contributed by atoms with Crippen molar-refractivity contribution < 1.29 is 19.1 Å². The maximum atomic E-state index is 11.7. The van der Waals surface area contributed by atoms with Gasteiger partial charge in [0.2, 0.25) is 0 Å². The highest BCUT2D eigenvalue weighted by Crippen LogP contribution is 2.20. The molecule has 3 rings (SSSR count). The molecule has 0 saturated heterocycles. The summed E-state index contributed by atoms with van der Waals surface area (Å²) in [5, 5.41) is 6.75. The molecule has 128 valence electrons. The van der Waals surface area contributed by atoms with Gasteiger partial charge in [-0.3, -0.25) is 4.79 Å². The fraction of sp³-hybridized carbons (Fsp3) is 0.158. The highest BCUT2D eigenvalue weighted by Gasteiger charge is 2.09. The van der Waals surface area contributed by atoms with Crippen LogP contribution in [0, 0.1) is 0 Å². The molecule has 0 aliphatic carbocycles. The lowest BCUT2D eigenvalue weighted by Crippen LogP contribution is -2.29. The van der Waals surface area contributed by atoms with Gasteiger partial charge in [-0.15, -0.1) is 11.3 Å². The Labute approximate surface area is 149 Å². The van der Waals surface area contributed by atoms with Crippen LogP contribution in [-0.4, -0.2) is 25.1 Å². The summed E-state index contributed by atoms with van der Waals surface area (Å²) < 4.78 is 10.3. The average Bonchev–Trinajstić information content (AvgIpc) is 3.16. The molecule has 1 N–H and O–H groups in total. The molecule has 25 heavy (non-hydrogen) atoms. The number of thiophene rings is 1. The molecule has 5 nitrogen and oxygen atoms in total. The Morgan fingerprint density at radius 3 is 2.60 bits per heavy atom. The number of carbonyl (C=O) groups is 2. The minimum atomic E-state index is -0.584. The van der Waals surface area contributed by atoms with Crippen molar-refractivity contribution in [2.75, 3.05) is 13.2 Å². The summed E-state index contributed by atoms with van der Waals surface area (Å²) in [7, 11) is 0. The highest BCUT2D eigenvalue weighted by molar-refractivity contribution is 7.09. The summed E-state index contributed by atoms with van der Waals surface area (Å²) >= 11 is 1.55.